The second-order valence-electron chi connectivity index (χ2n) is 5.35. The van der Waals surface area contributed by atoms with Crippen LogP contribution < -0.4 is 0 Å². The molecule has 118 valence electrons. The quantitative estimate of drug-likeness (QED) is 0.897. The summed E-state index contributed by atoms with van der Waals surface area (Å²) in [4.78, 5) is 16.9. The summed E-state index contributed by atoms with van der Waals surface area (Å²) in [7, 11) is 0. The first-order chi connectivity index (χ1) is 11.1. The average molecular weight is 374 g/mol. The Morgan fingerprint density at radius 3 is 2.65 bits per heavy atom. The maximum absolute atomic E-state index is 12.9. The van der Waals surface area contributed by atoms with Gasteiger partial charge in [-0.25, -0.2) is 0 Å². The highest BCUT2D eigenvalue weighted by molar-refractivity contribution is 9.10. The fourth-order valence-corrected chi connectivity index (χ4v) is 3.07. The van der Waals surface area contributed by atoms with Crippen LogP contribution in [0.3, 0.4) is 0 Å². The number of halogens is 1. The largest absolute Gasteiger partial charge is 0.365 e. The lowest BCUT2D eigenvalue weighted by Crippen LogP contribution is -2.43. The van der Waals surface area contributed by atoms with Gasteiger partial charge in [-0.15, -0.1) is 0 Å². The third-order valence-corrected chi connectivity index (χ3v) is 4.58. The molecule has 1 aliphatic rings. The van der Waals surface area contributed by atoms with Gasteiger partial charge in [0.05, 0.1) is 5.56 Å². The van der Waals surface area contributed by atoms with Gasteiger partial charge in [0.1, 0.15) is 0 Å². The third-order valence-electron chi connectivity index (χ3n) is 3.89. The predicted molar refractivity (Wildman–Crippen MR) is 90.8 cm³/mol. The number of carbonyl (C=O) groups is 1. The Morgan fingerprint density at radius 1 is 1.30 bits per heavy atom. The number of nitrogens with zero attached hydrogens (tertiary/aromatic N) is 3. The first-order valence-corrected chi connectivity index (χ1v) is 8.14. The highest BCUT2D eigenvalue weighted by Crippen LogP contribution is 2.37. The lowest BCUT2D eigenvalue weighted by Gasteiger charge is -2.31. The van der Waals surface area contributed by atoms with E-state index < -0.39 is 5.72 Å². The van der Waals surface area contributed by atoms with Gasteiger partial charge in [-0.1, -0.05) is 19.1 Å². The Morgan fingerprint density at radius 2 is 2.00 bits per heavy atom. The van der Waals surface area contributed by atoms with Crippen molar-refractivity contribution < 1.29 is 9.90 Å². The van der Waals surface area contributed by atoms with Gasteiger partial charge < -0.3 is 5.11 Å². The van der Waals surface area contributed by atoms with Crippen molar-refractivity contribution in [3.05, 3.63) is 64.4 Å². The van der Waals surface area contributed by atoms with Crippen molar-refractivity contribution in [1.82, 2.24) is 9.99 Å². The number of carbonyl (C=O) groups excluding carboxylic acids is 1. The van der Waals surface area contributed by atoms with Gasteiger partial charge in [0, 0.05) is 34.6 Å². The van der Waals surface area contributed by atoms with Crippen molar-refractivity contribution in [3.8, 4) is 0 Å². The zero-order valence-corrected chi connectivity index (χ0v) is 14.2. The van der Waals surface area contributed by atoms with Gasteiger partial charge in [0.25, 0.3) is 5.91 Å². The van der Waals surface area contributed by atoms with Crippen molar-refractivity contribution >= 4 is 27.5 Å². The fourth-order valence-electron chi connectivity index (χ4n) is 2.62. The minimum Gasteiger partial charge on any atom is -0.365 e. The van der Waals surface area contributed by atoms with E-state index in [1.807, 2.05) is 13.0 Å². The van der Waals surface area contributed by atoms with Gasteiger partial charge in [-0.3, -0.25) is 9.78 Å². The van der Waals surface area contributed by atoms with Crippen LogP contribution in [-0.4, -0.2) is 26.7 Å². The molecular weight excluding hydrogens is 358 g/mol. The average Bonchev–Trinajstić information content (AvgIpc) is 2.94. The number of hydrogen-bond donors (Lipinski definition) is 1. The number of aromatic nitrogens is 1. The zero-order chi connectivity index (χ0) is 16.4. The topological polar surface area (TPSA) is 65.8 Å². The predicted octanol–water partition coefficient (Wildman–Crippen LogP) is 3.30. The molecule has 2 heterocycles. The third kappa shape index (κ3) is 2.80. The van der Waals surface area contributed by atoms with E-state index >= 15 is 0 Å². The summed E-state index contributed by atoms with van der Waals surface area (Å²) in [6.45, 7) is 1.96. The summed E-state index contributed by atoms with van der Waals surface area (Å²) < 4.78 is 0.669. The Hall–Kier alpha value is -2.05. The molecule has 1 aromatic carbocycles. The summed E-state index contributed by atoms with van der Waals surface area (Å²) in [6.07, 6.45) is 4.16. The zero-order valence-electron chi connectivity index (χ0n) is 12.6. The summed E-state index contributed by atoms with van der Waals surface area (Å²) in [5.41, 5.74) is 0.353. The molecule has 0 radical (unpaired) electrons. The molecule has 1 aromatic heterocycles. The fraction of sp³-hybridized carbons (Fsp3) is 0.235. The van der Waals surface area contributed by atoms with Crippen LogP contribution in [0.4, 0.5) is 0 Å². The molecule has 0 unspecified atom stereocenters. The molecule has 0 spiro atoms. The summed E-state index contributed by atoms with van der Waals surface area (Å²) in [5.74, 6) is -0.347. The van der Waals surface area contributed by atoms with Gasteiger partial charge in [-0.05, 0) is 46.6 Å². The Kier molecular flexibility index (Phi) is 4.28. The molecule has 0 saturated heterocycles. The lowest BCUT2D eigenvalue weighted by molar-refractivity contribution is -0.0766. The number of pyridine rings is 1. The maximum Gasteiger partial charge on any atom is 0.278 e. The van der Waals surface area contributed by atoms with Crippen LogP contribution >= 0.6 is 15.9 Å². The number of benzene rings is 1. The molecule has 1 amide bonds. The van der Waals surface area contributed by atoms with Crippen LogP contribution in [-0.2, 0) is 5.72 Å². The molecule has 6 heteroatoms. The van der Waals surface area contributed by atoms with Gasteiger partial charge in [0.15, 0.2) is 5.72 Å². The molecule has 0 saturated carbocycles. The standard InChI is InChI=1S/C17H16BrN3O2/c1-2-13-11-17(23,12-7-9-19-10-8-12)21(20-13)16(22)14-5-3-4-6-15(14)18/h3-10,23H,2,11H2,1H3/t17-/m0/s1. The number of hydrazone groups is 1. The second-order valence-corrected chi connectivity index (χ2v) is 6.20. The molecular formula is C17H16BrN3O2. The number of aliphatic hydroxyl groups is 1. The first-order valence-electron chi connectivity index (χ1n) is 7.34. The van der Waals surface area contributed by atoms with Crippen LogP contribution in [0.1, 0.15) is 35.7 Å². The molecule has 1 atom stereocenters. The van der Waals surface area contributed by atoms with Crippen molar-refractivity contribution in [2.45, 2.75) is 25.5 Å². The SMILES string of the molecule is CCC1=NN(C(=O)c2ccccc2Br)[C@@](O)(c2ccncc2)C1. The van der Waals surface area contributed by atoms with Crippen LogP contribution in [0.2, 0.25) is 0 Å². The van der Waals surface area contributed by atoms with E-state index in [9.17, 15) is 9.90 Å². The van der Waals surface area contributed by atoms with Crippen molar-refractivity contribution in [1.29, 1.82) is 0 Å². The normalized spacial score (nSPS) is 20.5. The molecule has 1 aliphatic heterocycles. The monoisotopic (exact) mass is 373 g/mol. The summed E-state index contributed by atoms with van der Waals surface area (Å²) >= 11 is 3.38. The van der Waals surface area contributed by atoms with Crippen LogP contribution in [0, 0.1) is 0 Å². The Labute approximate surface area is 142 Å². The first kappa shape index (κ1) is 15.8. The molecule has 0 bridgehead atoms. The Balaban J connectivity index is 2.05. The van der Waals surface area contributed by atoms with E-state index in [1.165, 1.54) is 5.01 Å². The molecule has 0 aliphatic carbocycles. The second kappa shape index (κ2) is 6.22. The van der Waals surface area contributed by atoms with Crippen molar-refractivity contribution in [2.24, 2.45) is 5.10 Å². The van der Waals surface area contributed by atoms with E-state index in [4.69, 9.17) is 0 Å². The minimum absolute atomic E-state index is 0.295. The van der Waals surface area contributed by atoms with Crippen molar-refractivity contribution in [3.63, 3.8) is 0 Å². The molecule has 3 rings (SSSR count). The van der Waals surface area contributed by atoms with E-state index in [0.717, 1.165) is 5.71 Å². The summed E-state index contributed by atoms with van der Waals surface area (Å²) in [6, 6.07) is 10.5. The van der Waals surface area contributed by atoms with Crippen molar-refractivity contribution in [2.75, 3.05) is 0 Å². The number of rotatable bonds is 3. The van der Waals surface area contributed by atoms with E-state index in [1.54, 1.807) is 42.7 Å². The van der Waals surface area contributed by atoms with Gasteiger partial charge in [0.2, 0.25) is 0 Å². The Bertz CT molecular complexity index is 763. The lowest BCUT2D eigenvalue weighted by atomic mass is 9.97. The van der Waals surface area contributed by atoms with Crippen LogP contribution in [0.25, 0.3) is 0 Å². The molecule has 0 fully saturated rings. The minimum atomic E-state index is -1.49. The van der Waals surface area contributed by atoms with Gasteiger partial charge in [-0.2, -0.15) is 10.1 Å². The molecule has 5 nitrogen and oxygen atoms in total. The maximum atomic E-state index is 12.9. The molecule has 2 aromatic rings. The highest BCUT2D eigenvalue weighted by atomic mass is 79.9. The van der Waals surface area contributed by atoms with Crippen LogP contribution in [0.5, 0.6) is 0 Å². The smallest absolute Gasteiger partial charge is 0.278 e. The molecule has 1 N–H and O–H groups in total. The number of amides is 1. The number of hydrogen-bond acceptors (Lipinski definition) is 4. The van der Waals surface area contributed by atoms with E-state index in [-0.39, 0.29) is 5.91 Å². The van der Waals surface area contributed by atoms with Gasteiger partial charge >= 0.3 is 0 Å². The van der Waals surface area contributed by atoms with E-state index in [0.29, 0.717) is 28.4 Å². The van der Waals surface area contributed by atoms with Crippen LogP contribution in [0.15, 0.2) is 58.4 Å². The molecule has 23 heavy (non-hydrogen) atoms. The van der Waals surface area contributed by atoms with E-state index in [2.05, 4.69) is 26.0 Å². The summed E-state index contributed by atoms with van der Waals surface area (Å²) in [5, 5.41) is 16.7. The highest BCUT2D eigenvalue weighted by Gasteiger charge is 2.45.